The van der Waals surface area contributed by atoms with Gasteiger partial charge in [0.2, 0.25) is 5.22 Å². The summed E-state index contributed by atoms with van der Waals surface area (Å²) in [6.07, 6.45) is 1.36. The lowest BCUT2D eigenvalue weighted by Gasteiger charge is -2.06. The number of aliphatic hydroxyl groups is 1. The van der Waals surface area contributed by atoms with E-state index in [1.807, 2.05) is 24.3 Å². The van der Waals surface area contributed by atoms with Crippen LogP contribution in [0.15, 0.2) is 41.0 Å². The SMILES string of the molecule is O=C(NCc1ccccc1C#CCO)c1ccoc1Cl. The summed E-state index contributed by atoms with van der Waals surface area (Å²) in [7, 11) is 0. The van der Waals surface area contributed by atoms with Crippen molar-refractivity contribution >= 4 is 17.5 Å². The van der Waals surface area contributed by atoms with Gasteiger partial charge < -0.3 is 14.8 Å². The maximum atomic E-state index is 11.9. The number of hydrogen-bond acceptors (Lipinski definition) is 3. The third kappa shape index (κ3) is 3.41. The first-order chi connectivity index (χ1) is 9.72. The molecular formula is C15H12ClNO3. The van der Waals surface area contributed by atoms with Crippen molar-refractivity contribution in [3.05, 3.63) is 58.5 Å². The van der Waals surface area contributed by atoms with Crippen molar-refractivity contribution in [2.75, 3.05) is 6.61 Å². The summed E-state index contributed by atoms with van der Waals surface area (Å²) in [4.78, 5) is 11.9. The molecule has 0 fully saturated rings. The predicted octanol–water partition coefficient (Wildman–Crippen LogP) is 2.21. The van der Waals surface area contributed by atoms with Crippen molar-refractivity contribution in [3.8, 4) is 11.8 Å². The van der Waals surface area contributed by atoms with Crippen molar-refractivity contribution in [2.45, 2.75) is 6.54 Å². The molecule has 0 aliphatic carbocycles. The molecule has 4 nitrogen and oxygen atoms in total. The Morgan fingerprint density at radius 1 is 1.35 bits per heavy atom. The minimum atomic E-state index is -0.311. The molecule has 20 heavy (non-hydrogen) atoms. The fourth-order valence-corrected chi connectivity index (χ4v) is 1.86. The highest BCUT2D eigenvalue weighted by Crippen LogP contribution is 2.16. The van der Waals surface area contributed by atoms with E-state index in [1.54, 1.807) is 0 Å². The van der Waals surface area contributed by atoms with Crippen molar-refractivity contribution in [3.63, 3.8) is 0 Å². The molecule has 1 amide bonds. The normalized spacial score (nSPS) is 9.70. The summed E-state index contributed by atoms with van der Waals surface area (Å²) in [5.41, 5.74) is 1.92. The summed E-state index contributed by atoms with van der Waals surface area (Å²) < 4.78 is 4.87. The zero-order valence-electron chi connectivity index (χ0n) is 10.5. The molecule has 1 heterocycles. The average Bonchev–Trinajstić information content (AvgIpc) is 2.89. The van der Waals surface area contributed by atoms with E-state index in [0.717, 1.165) is 11.1 Å². The van der Waals surface area contributed by atoms with E-state index in [-0.39, 0.29) is 17.7 Å². The second-order valence-electron chi connectivity index (χ2n) is 3.91. The maximum Gasteiger partial charge on any atom is 0.256 e. The fourth-order valence-electron chi connectivity index (χ4n) is 1.66. The largest absolute Gasteiger partial charge is 0.452 e. The molecule has 2 rings (SSSR count). The predicted molar refractivity (Wildman–Crippen MR) is 75.3 cm³/mol. The number of nitrogens with one attached hydrogen (secondary N) is 1. The van der Waals surface area contributed by atoms with Crippen LogP contribution in [0, 0.1) is 11.8 Å². The zero-order valence-corrected chi connectivity index (χ0v) is 11.3. The van der Waals surface area contributed by atoms with Crippen molar-refractivity contribution in [2.24, 2.45) is 0 Å². The second-order valence-corrected chi connectivity index (χ2v) is 4.25. The molecule has 0 bridgehead atoms. The van der Waals surface area contributed by atoms with E-state index in [2.05, 4.69) is 17.2 Å². The molecule has 2 aromatic rings. The number of furan rings is 1. The molecule has 5 heteroatoms. The number of aliphatic hydroxyl groups excluding tert-OH is 1. The highest BCUT2D eigenvalue weighted by molar-refractivity contribution is 6.32. The van der Waals surface area contributed by atoms with E-state index in [1.165, 1.54) is 12.3 Å². The molecule has 0 saturated carbocycles. The van der Waals surface area contributed by atoms with Gasteiger partial charge in [-0.05, 0) is 29.3 Å². The molecule has 0 saturated heterocycles. The monoisotopic (exact) mass is 289 g/mol. The summed E-state index contributed by atoms with van der Waals surface area (Å²) in [6.45, 7) is 0.113. The maximum absolute atomic E-state index is 11.9. The van der Waals surface area contributed by atoms with Gasteiger partial charge in [0.1, 0.15) is 6.61 Å². The fraction of sp³-hybridized carbons (Fsp3) is 0.133. The van der Waals surface area contributed by atoms with E-state index in [9.17, 15) is 4.79 Å². The van der Waals surface area contributed by atoms with Crippen LogP contribution in [0.5, 0.6) is 0 Å². The standard InChI is InChI=1S/C15H12ClNO3/c16-14-13(7-9-20-14)15(19)17-10-12-5-2-1-4-11(12)6-3-8-18/h1-2,4-5,7,9,18H,8,10H2,(H,17,19). The van der Waals surface area contributed by atoms with E-state index < -0.39 is 0 Å². The number of amides is 1. The Morgan fingerprint density at radius 2 is 2.15 bits per heavy atom. The smallest absolute Gasteiger partial charge is 0.256 e. The van der Waals surface area contributed by atoms with Gasteiger partial charge in [-0.2, -0.15) is 0 Å². The minimum absolute atomic E-state index is 0.0656. The molecule has 0 unspecified atom stereocenters. The van der Waals surface area contributed by atoms with Crippen LogP contribution in [-0.4, -0.2) is 17.6 Å². The zero-order chi connectivity index (χ0) is 14.4. The third-order valence-electron chi connectivity index (χ3n) is 2.62. The Kier molecular flexibility index (Phi) is 4.83. The van der Waals surface area contributed by atoms with Crippen LogP contribution < -0.4 is 5.32 Å². The number of rotatable bonds is 3. The minimum Gasteiger partial charge on any atom is -0.452 e. The van der Waals surface area contributed by atoms with E-state index in [0.29, 0.717) is 12.1 Å². The van der Waals surface area contributed by atoms with Gasteiger partial charge in [0.05, 0.1) is 11.8 Å². The van der Waals surface area contributed by atoms with Crippen LogP contribution in [0.25, 0.3) is 0 Å². The Morgan fingerprint density at radius 3 is 2.85 bits per heavy atom. The molecule has 0 aliphatic rings. The lowest BCUT2D eigenvalue weighted by atomic mass is 10.1. The molecule has 0 radical (unpaired) electrons. The van der Waals surface area contributed by atoms with Gasteiger partial charge in [0.15, 0.2) is 0 Å². The molecule has 1 aromatic carbocycles. The summed E-state index contributed by atoms with van der Waals surface area (Å²) in [5, 5.41) is 11.5. The molecule has 2 N–H and O–H groups in total. The lowest BCUT2D eigenvalue weighted by Crippen LogP contribution is -2.23. The van der Waals surface area contributed by atoms with Crippen LogP contribution in [-0.2, 0) is 6.54 Å². The van der Waals surface area contributed by atoms with Crippen LogP contribution in [0.2, 0.25) is 5.22 Å². The number of benzene rings is 1. The Labute approximate surface area is 121 Å². The van der Waals surface area contributed by atoms with E-state index in [4.69, 9.17) is 21.1 Å². The van der Waals surface area contributed by atoms with Crippen molar-refractivity contribution < 1.29 is 14.3 Å². The Hall–Kier alpha value is -2.22. The van der Waals surface area contributed by atoms with Gasteiger partial charge in [0.25, 0.3) is 5.91 Å². The number of carbonyl (C=O) groups is 1. The lowest BCUT2D eigenvalue weighted by molar-refractivity contribution is 0.0950. The summed E-state index contributed by atoms with van der Waals surface area (Å²) in [5.74, 6) is 5.11. The number of hydrogen-bond donors (Lipinski definition) is 2. The van der Waals surface area contributed by atoms with Gasteiger partial charge in [-0.3, -0.25) is 4.79 Å². The van der Waals surface area contributed by atoms with Gasteiger partial charge >= 0.3 is 0 Å². The van der Waals surface area contributed by atoms with Crippen LogP contribution >= 0.6 is 11.6 Å². The van der Waals surface area contributed by atoms with Crippen molar-refractivity contribution in [1.29, 1.82) is 0 Å². The molecule has 0 aliphatic heterocycles. The van der Waals surface area contributed by atoms with Gasteiger partial charge in [-0.15, -0.1) is 0 Å². The van der Waals surface area contributed by atoms with E-state index >= 15 is 0 Å². The first kappa shape index (κ1) is 14.2. The van der Waals surface area contributed by atoms with Crippen LogP contribution in [0.1, 0.15) is 21.5 Å². The topological polar surface area (TPSA) is 62.5 Å². The Bertz CT molecular complexity index is 667. The molecular weight excluding hydrogens is 278 g/mol. The van der Waals surface area contributed by atoms with Gasteiger partial charge in [-0.1, -0.05) is 30.0 Å². The second kappa shape index (κ2) is 6.80. The molecule has 1 aromatic heterocycles. The van der Waals surface area contributed by atoms with Crippen LogP contribution in [0.4, 0.5) is 0 Å². The van der Waals surface area contributed by atoms with Crippen molar-refractivity contribution in [1.82, 2.24) is 5.32 Å². The first-order valence-electron chi connectivity index (χ1n) is 5.91. The van der Waals surface area contributed by atoms with Gasteiger partial charge in [0, 0.05) is 12.1 Å². The average molecular weight is 290 g/mol. The highest BCUT2D eigenvalue weighted by Gasteiger charge is 2.12. The summed E-state index contributed by atoms with van der Waals surface area (Å²) in [6, 6.07) is 8.90. The Balaban J connectivity index is 2.08. The quantitative estimate of drug-likeness (QED) is 0.852. The summed E-state index contributed by atoms with van der Waals surface area (Å²) >= 11 is 5.74. The highest BCUT2D eigenvalue weighted by atomic mass is 35.5. The van der Waals surface area contributed by atoms with Crippen LogP contribution in [0.3, 0.4) is 0 Å². The van der Waals surface area contributed by atoms with Gasteiger partial charge in [-0.25, -0.2) is 0 Å². The third-order valence-corrected chi connectivity index (χ3v) is 2.91. The number of carbonyl (C=O) groups excluding carboxylic acids is 1. The molecule has 102 valence electrons. The molecule has 0 atom stereocenters. The molecule has 0 spiro atoms. The number of halogens is 1. The first-order valence-corrected chi connectivity index (χ1v) is 6.29.